The summed E-state index contributed by atoms with van der Waals surface area (Å²) in [6, 6.07) is 8.14. The van der Waals surface area contributed by atoms with Crippen molar-refractivity contribution >= 4 is 12.0 Å². The van der Waals surface area contributed by atoms with Crippen molar-refractivity contribution in [2.24, 2.45) is 5.92 Å². The number of pyridine rings is 2. The third-order valence-electron chi connectivity index (χ3n) is 6.59. The normalized spacial score (nSPS) is 16.4. The molecule has 3 heterocycles. The smallest absolute Gasteiger partial charge is 0.410 e. The van der Waals surface area contributed by atoms with Crippen LogP contribution in [0.1, 0.15) is 76.8 Å². The minimum atomic E-state index is -0.518. The van der Waals surface area contributed by atoms with Crippen LogP contribution in [-0.4, -0.2) is 51.6 Å². The van der Waals surface area contributed by atoms with Crippen LogP contribution in [0.5, 0.6) is 0 Å². The van der Waals surface area contributed by atoms with E-state index in [9.17, 15) is 9.59 Å². The fraction of sp³-hybridized carbons (Fsp3) is 0.571. The third-order valence-corrected chi connectivity index (χ3v) is 6.59. The second-order valence-electron chi connectivity index (χ2n) is 10.4. The van der Waals surface area contributed by atoms with E-state index in [1.807, 2.05) is 45.3 Å². The highest BCUT2D eigenvalue weighted by molar-refractivity contribution is 5.79. The average molecular weight is 481 g/mol. The van der Waals surface area contributed by atoms with E-state index in [1.165, 1.54) is 5.56 Å². The zero-order valence-electron chi connectivity index (χ0n) is 21.6. The lowest BCUT2D eigenvalue weighted by molar-refractivity contribution is -0.127. The van der Waals surface area contributed by atoms with Crippen LogP contribution in [0.4, 0.5) is 4.79 Å². The average Bonchev–Trinajstić information content (AvgIpc) is 2.84. The lowest BCUT2D eigenvalue weighted by atomic mass is 9.86. The molecule has 0 aliphatic carbocycles. The van der Waals surface area contributed by atoms with Crippen molar-refractivity contribution in [1.82, 2.24) is 20.2 Å². The molecule has 0 radical (unpaired) electrons. The number of hydrogen-bond donors (Lipinski definition) is 1. The van der Waals surface area contributed by atoms with Crippen molar-refractivity contribution in [2.45, 2.75) is 83.8 Å². The molecule has 1 fully saturated rings. The van der Waals surface area contributed by atoms with Gasteiger partial charge in [-0.15, -0.1) is 0 Å². The molecule has 0 aromatic carbocycles. The fourth-order valence-electron chi connectivity index (χ4n) is 4.75. The molecule has 7 heteroatoms. The van der Waals surface area contributed by atoms with Gasteiger partial charge < -0.3 is 15.0 Å². The summed E-state index contributed by atoms with van der Waals surface area (Å²) >= 11 is 0. The maximum Gasteiger partial charge on any atom is 0.410 e. The molecule has 2 unspecified atom stereocenters. The molecule has 3 rings (SSSR count). The van der Waals surface area contributed by atoms with Gasteiger partial charge in [0.05, 0.1) is 0 Å². The van der Waals surface area contributed by atoms with Gasteiger partial charge in [-0.3, -0.25) is 14.8 Å². The number of piperidine rings is 1. The van der Waals surface area contributed by atoms with Gasteiger partial charge in [0.25, 0.3) is 0 Å². The first-order valence-corrected chi connectivity index (χ1v) is 12.8. The van der Waals surface area contributed by atoms with Crippen molar-refractivity contribution in [3.63, 3.8) is 0 Å². The first-order valence-electron chi connectivity index (χ1n) is 12.8. The summed E-state index contributed by atoms with van der Waals surface area (Å²) in [5, 5.41) is 3.39. The van der Waals surface area contributed by atoms with Gasteiger partial charge in [-0.2, -0.15) is 0 Å². The Morgan fingerprint density at radius 3 is 2.37 bits per heavy atom. The lowest BCUT2D eigenvalue weighted by Gasteiger charge is -2.34. The predicted octanol–water partition coefficient (Wildman–Crippen LogP) is 5.13. The molecular weight excluding hydrogens is 440 g/mol. The van der Waals surface area contributed by atoms with Gasteiger partial charge in [0, 0.05) is 55.8 Å². The number of aryl methyl sites for hydroxylation is 1. The van der Waals surface area contributed by atoms with Crippen LogP contribution in [-0.2, 0) is 16.0 Å². The van der Waals surface area contributed by atoms with Gasteiger partial charge in [0.2, 0.25) is 5.91 Å². The molecule has 2 aromatic rings. The Bertz CT molecular complexity index is 922. The topological polar surface area (TPSA) is 84.4 Å². The van der Waals surface area contributed by atoms with Gasteiger partial charge >= 0.3 is 6.09 Å². The van der Waals surface area contributed by atoms with Crippen LogP contribution in [0.15, 0.2) is 49.1 Å². The minimum absolute atomic E-state index is 0.0252. The summed E-state index contributed by atoms with van der Waals surface area (Å²) in [6.07, 6.45) is 12.1. The van der Waals surface area contributed by atoms with E-state index in [-0.39, 0.29) is 29.9 Å². The van der Waals surface area contributed by atoms with Crippen LogP contribution >= 0.6 is 0 Å². The third kappa shape index (κ3) is 8.34. The van der Waals surface area contributed by atoms with Gasteiger partial charge in [0.1, 0.15) is 5.60 Å². The SMILES string of the molecule is CCC(c1cccnc1)C(CCCc1cccnc1)NC(=O)C1CCN(C(=O)OC(C)(C)C)CC1. The Balaban J connectivity index is 1.61. The summed E-state index contributed by atoms with van der Waals surface area (Å²) in [4.78, 5) is 35.9. The number of rotatable bonds is 9. The van der Waals surface area contributed by atoms with Gasteiger partial charge in [0.15, 0.2) is 0 Å². The van der Waals surface area contributed by atoms with Crippen LogP contribution < -0.4 is 5.32 Å². The Labute approximate surface area is 209 Å². The van der Waals surface area contributed by atoms with Crippen LogP contribution in [0, 0.1) is 5.92 Å². The molecule has 2 amide bonds. The zero-order chi connectivity index (χ0) is 25.3. The van der Waals surface area contributed by atoms with E-state index in [0.717, 1.165) is 31.2 Å². The maximum atomic E-state index is 13.3. The number of hydrogen-bond acceptors (Lipinski definition) is 5. The Hall–Kier alpha value is -2.96. The highest BCUT2D eigenvalue weighted by Crippen LogP contribution is 2.27. The zero-order valence-corrected chi connectivity index (χ0v) is 21.6. The molecule has 1 aliphatic rings. The molecule has 1 saturated heterocycles. The summed E-state index contributed by atoms with van der Waals surface area (Å²) in [7, 11) is 0. The number of nitrogens with zero attached hydrogens (tertiary/aromatic N) is 3. The van der Waals surface area contributed by atoms with Gasteiger partial charge in [-0.1, -0.05) is 19.1 Å². The van der Waals surface area contributed by atoms with Crippen LogP contribution in [0.2, 0.25) is 0 Å². The first-order chi connectivity index (χ1) is 16.8. The monoisotopic (exact) mass is 480 g/mol. The van der Waals surface area contributed by atoms with Crippen molar-refractivity contribution in [3.05, 3.63) is 60.2 Å². The number of likely N-dealkylation sites (tertiary alicyclic amines) is 1. The number of amides is 2. The lowest BCUT2D eigenvalue weighted by Crippen LogP contribution is -2.47. The molecule has 7 nitrogen and oxygen atoms in total. The molecular formula is C28H40N4O3. The second kappa shape index (κ2) is 12.7. The number of aromatic nitrogens is 2. The fourth-order valence-corrected chi connectivity index (χ4v) is 4.75. The van der Waals surface area contributed by atoms with Gasteiger partial charge in [-0.25, -0.2) is 4.79 Å². The largest absolute Gasteiger partial charge is 0.444 e. The van der Waals surface area contributed by atoms with Crippen LogP contribution in [0.3, 0.4) is 0 Å². The Morgan fingerprint density at radius 1 is 1.11 bits per heavy atom. The highest BCUT2D eigenvalue weighted by atomic mass is 16.6. The standard InChI is InChI=1S/C28H40N4O3/c1-5-24(23-11-8-16-30-20-23)25(12-6-9-21-10-7-15-29-19-21)31-26(33)22-13-17-32(18-14-22)27(34)35-28(2,3)4/h7-8,10-11,15-16,19-20,22,24-25H,5-6,9,12-14,17-18H2,1-4H3,(H,31,33). The molecule has 190 valence electrons. The van der Waals surface area contributed by atoms with Gasteiger partial charge in [-0.05, 0) is 82.6 Å². The molecule has 1 aliphatic heterocycles. The Kier molecular flexibility index (Phi) is 9.64. The molecule has 0 bridgehead atoms. The summed E-state index contributed by atoms with van der Waals surface area (Å²) in [6.45, 7) is 8.85. The quantitative estimate of drug-likeness (QED) is 0.538. The Morgan fingerprint density at radius 2 is 1.80 bits per heavy atom. The molecule has 2 atom stereocenters. The van der Waals surface area contributed by atoms with E-state index in [1.54, 1.807) is 17.3 Å². The maximum absolute atomic E-state index is 13.3. The molecule has 0 saturated carbocycles. The predicted molar refractivity (Wildman–Crippen MR) is 137 cm³/mol. The summed E-state index contributed by atoms with van der Waals surface area (Å²) in [5.74, 6) is 0.187. The molecule has 1 N–H and O–H groups in total. The molecule has 0 spiro atoms. The van der Waals surface area contributed by atoms with Crippen molar-refractivity contribution in [1.29, 1.82) is 0 Å². The van der Waals surface area contributed by atoms with E-state index < -0.39 is 5.60 Å². The second-order valence-corrected chi connectivity index (χ2v) is 10.4. The number of carbonyl (C=O) groups excluding carboxylic acids is 2. The summed E-state index contributed by atoms with van der Waals surface area (Å²) < 4.78 is 5.49. The number of carbonyl (C=O) groups is 2. The molecule has 35 heavy (non-hydrogen) atoms. The number of ether oxygens (including phenoxy) is 1. The highest BCUT2D eigenvalue weighted by Gasteiger charge is 2.32. The van der Waals surface area contributed by atoms with Crippen LogP contribution in [0.25, 0.3) is 0 Å². The number of nitrogens with one attached hydrogen (secondary N) is 1. The molecule has 2 aromatic heterocycles. The van der Waals surface area contributed by atoms with Crippen molar-refractivity contribution in [3.8, 4) is 0 Å². The van der Waals surface area contributed by atoms with Crippen molar-refractivity contribution in [2.75, 3.05) is 13.1 Å². The van der Waals surface area contributed by atoms with E-state index >= 15 is 0 Å². The minimum Gasteiger partial charge on any atom is -0.444 e. The first kappa shape index (κ1) is 26.6. The van der Waals surface area contributed by atoms with Crippen molar-refractivity contribution < 1.29 is 14.3 Å². The van der Waals surface area contributed by atoms with E-state index in [2.05, 4.69) is 34.3 Å². The summed E-state index contributed by atoms with van der Waals surface area (Å²) in [5.41, 5.74) is 1.85. The van der Waals surface area contributed by atoms with E-state index in [0.29, 0.717) is 25.9 Å². The van der Waals surface area contributed by atoms with E-state index in [4.69, 9.17) is 4.74 Å².